The van der Waals surface area contributed by atoms with Crippen LogP contribution in [0.15, 0.2) is 26.8 Å². The third-order valence-corrected chi connectivity index (χ3v) is 4.14. The number of halogens is 2. The summed E-state index contributed by atoms with van der Waals surface area (Å²) in [5.74, 6) is 0.193. The maximum absolute atomic E-state index is 12.0. The molecule has 1 heterocycles. The van der Waals surface area contributed by atoms with Crippen molar-refractivity contribution in [2.75, 3.05) is 6.61 Å². The monoisotopic (exact) mass is 426 g/mol. The summed E-state index contributed by atoms with van der Waals surface area (Å²) in [4.78, 5) is 39.4. The van der Waals surface area contributed by atoms with Crippen LogP contribution in [0.25, 0.3) is 0 Å². The minimum absolute atomic E-state index is 0.157. The van der Waals surface area contributed by atoms with Crippen LogP contribution in [0.4, 0.5) is 0 Å². The lowest BCUT2D eigenvalue weighted by Gasteiger charge is -2.12. The first kappa shape index (κ1) is 21.7. The maximum atomic E-state index is 12.0. The van der Waals surface area contributed by atoms with E-state index in [1.165, 1.54) is 13.1 Å². The average molecular weight is 427 g/mol. The van der Waals surface area contributed by atoms with Crippen molar-refractivity contribution in [1.29, 1.82) is 0 Å². The van der Waals surface area contributed by atoms with Crippen LogP contribution >= 0.6 is 23.2 Å². The topological polar surface area (TPSA) is 116 Å². The fourth-order valence-electron chi connectivity index (χ4n) is 2.26. The normalized spacial score (nSPS) is 11.2. The van der Waals surface area contributed by atoms with Gasteiger partial charge in [-0.2, -0.15) is 5.10 Å². The van der Waals surface area contributed by atoms with Crippen molar-refractivity contribution < 1.29 is 9.53 Å². The van der Waals surface area contributed by atoms with Gasteiger partial charge >= 0.3 is 5.69 Å². The van der Waals surface area contributed by atoms with Crippen molar-refractivity contribution in [3.05, 3.63) is 59.8 Å². The molecule has 0 aliphatic rings. The molecule has 0 aliphatic carbocycles. The minimum atomic E-state index is -0.626. The summed E-state index contributed by atoms with van der Waals surface area (Å²) in [6.45, 7) is 6.03. The number of rotatable bonds is 7. The molecule has 2 rings (SSSR count). The van der Waals surface area contributed by atoms with Crippen LogP contribution in [-0.2, 0) is 11.2 Å². The second-order valence-corrected chi connectivity index (χ2v) is 7.31. The van der Waals surface area contributed by atoms with Crippen LogP contribution in [0.1, 0.15) is 30.7 Å². The molecule has 0 saturated heterocycles. The molecule has 2 aromatic rings. The molecule has 0 fully saturated rings. The Morgan fingerprint density at radius 2 is 1.89 bits per heavy atom. The number of carbonyl (C=O) groups excluding carboxylic acids is 1. The molecule has 0 spiro atoms. The summed E-state index contributed by atoms with van der Waals surface area (Å²) in [5.41, 5.74) is 2.11. The Morgan fingerprint density at radius 1 is 1.25 bits per heavy atom. The second kappa shape index (κ2) is 9.57. The smallest absolute Gasteiger partial charge is 0.325 e. The van der Waals surface area contributed by atoms with Crippen LogP contribution in [0, 0.1) is 12.8 Å². The quantitative estimate of drug-likeness (QED) is 0.465. The first-order valence-corrected chi connectivity index (χ1v) is 9.18. The second-order valence-electron chi connectivity index (χ2n) is 6.50. The standard InChI is InChI=1S/C18H20Cl2N4O4/c1-9(2)8-28-16-13(19)4-11(5-14(16)20)7-21-24-15(25)6-12-10(3)22-18(27)23-17(12)26/h4-5,7,9H,6,8H2,1-3H3,(H,24,25)(H2,22,23,26,27)/b21-7-. The average Bonchev–Trinajstić information content (AvgIpc) is 2.57. The Morgan fingerprint density at radius 3 is 2.46 bits per heavy atom. The van der Waals surface area contributed by atoms with Gasteiger partial charge < -0.3 is 9.72 Å². The lowest BCUT2D eigenvalue weighted by atomic mass is 10.1. The number of nitrogens with one attached hydrogen (secondary N) is 3. The highest BCUT2D eigenvalue weighted by Crippen LogP contribution is 2.34. The SMILES string of the molecule is Cc1[nH]c(=O)[nH]c(=O)c1CC(=O)N/N=C\c1cc(Cl)c(OCC(C)C)c(Cl)c1. The van der Waals surface area contributed by atoms with Crippen LogP contribution in [-0.4, -0.2) is 28.7 Å². The molecule has 0 atom stereocenters. The van der Waals surface area contributed by atoms with Gasteiger partial charge in [-0.3, -0.25) is 14.6 Å². The van der Waals surface area contributed by atoms with E-state index in [0.29, 0.717) is 39.6 Å². The van der Waals surface area contributed by atoms with Crippen LogP contribution in [0.3, 0.4) is 0 Å². The molecule has 0 bridgehead atoms. The van der Waals surface area contributed by atoms with Gasteiger partial charge in [0.15, 0.2) is 5.75 Å². The number of hydrogen-bond donors (Lipinski definition) is 3. The number of hydrogen-bond acceptors (Lipinski definition) is 5. The number of hydrazone groups is 1. The zero-order valence-electron chi connectivity index (χ0n) is 15.6. The van der Waals surface area contributed by atoms with E-state index in [2.05, 4.69) is 20.5 Å². The minimum Gasteiger partial charge on any atom is -0.490 e. The van der Waals surface area contributed by atoms with Gasteiger partial charge in [0.05, 0.1) is 29.3 Å². The Hall–Kier alpha value is -2.58. The molecule has 150 valence electrons. The summed E-state index contributed by atoms with van der Waals surface area (Å²) in [5, 5.41) is 4.49. The summed E-state index contributed by atoms with van der Waals surface area (Å²) < 4.78 is 5.59. The molecule has 0 aliphatic heterocycles. The third-order valence-electron chi connectivity index (χ3n) is 3.58. The predicted molar refractivity (Wildman–Crippen MR) is 109 cm³/mol. The molecule has 0 unspecified atom stereocenters. The Bertz CT molecular complexity index is 988. The van der Waals surface area contributed by atoms with Gasteiger partial charge in [0.25, 0.3) is 5.56 Å². The van der Waals surface area contributed by atoms with Crippen molar-refractivity contribution in [1.82, 2.24) is 15.4 Å². The number of aryl methyl sites for hydroxylation is 1. The molecular formula is C18H20Cl2N4O4. The van der Waals surface area contributed by atoms with Gasteiger partial charge in [-0.05, 0) is 30.5 Å². The third kappa shape index (κ3) is 5.97. The van der Waals surface area contributed by atoms with Gasteiger partial charge in [-0.25, -0.2) is 10.2 Å². The molecule has 0 saturated carbocycles. The zero-order valence-corrected chi connectivity index (χ0v) is 17.1. The highest BCUT2D eigenvalue weighted by molar-refractivity contribution is 6.37. The molecule has 3 N–H and O–H groups in total. The van der Waals surface area contributed by atoms with Crippen LogP contribution in [0.5, 0.6) is 5.75 Å². The van der Waals surface area contributed by atoms with Gasteiger partial charge in [-0.15, -0.1) is 0 Å². The number of carbonyl (C=O) groups is 1. The highest BCUT2D eigenvalue weighted by Gasteiger charge is 2.12. The van der Waals surface area contributed by atoms with Gasteiger partial charge in [0.2, 0.25) is 5.91 Å². The molecular weight excluding hydrogens is 407 g/mol. The van der Waals surface area contributed by atoms with Gasteiger partial charge in [-0.1, -0.05) is 37.0 Å². The van der Waals surface area contributed by atoms with E-state index >= 15 is 0 Å². The molecule has 28 heavy (non-hydrogen) atoms. The highest BCUT2D eigenvalue weighted by atomic mass is 35.5. The van der Waals surface area contributed by atoms with Crippen molar-refractivity contribution in [2.24, 2.45) is 11.0 Å². The number of ether oxygens (including phenoxy) is 1. The van der Waals surface area contributed by atoms with Crippen LogP contribution in [0.2, 0.25) is 10.0 Å². The van der Waals surface area contributed by atoms with E-state index < -0.39 is 17.2 Å². The van der Waals surface area contributed by atoms with E-state index in [1.807, 2.05) is 13.8 Å². The summed E-state index contributed by atoms with van der Waals surface area (Å²) in [7, 11) is 0. The largest absolute Gasteiger partial charge is 0.490 e. The van der Waals surface area contributed by atoms with Gasteiger partial charge in [0.1, 0.15) is 0 Å². The number of benzene rings is 1. The van der Waals surface area contributed by atoms with E-state index in [0.717, 1.165) is 0 Å². The zero-order chi connectivity index (χ0) is 20.8. The lowest BCUT2D eigenvalue weighted by Crippen LogP contribution is -2.30. The first-order valence-electron chi connectivity index (χ1n) is 8.43. The van der Waals surface area contributed by atoms with E-state index in [4.69, 9.17) is 27.9 Å². The molecule has 1 amide bonds. The van der Waals surface area contributed by atoms with E-state index in [1.54, 1.807) is 12.1 Å². The number of aromatic nitrogens is 2. The summed E-state index contributed by atoms with van der Waals surface area (Å²) in [6, 6.07) is 3.21. The lowest BCUT2D eigenvalue weighted by molar-refractivity contribution is -0.120. The maximum Gasteiger partial charge on any atom is 0.325 e. The Labute approximate surface area is 170 Å². The van der Waals surface area contributed by atoms with Crippen LogP contribution < -0.4 is 21.4 Å². The molecule has 0 radical (unpaired) electrons. The fourth-order valence-corrected chi connectivity index (χ4v) is 2.87. The number of amides is 1. The Balaban J connectivity index is 2.03. The Kier molecular flexibility index (Phi) is 7.42. The number of nitrogens with zero attached hydrogens (tertiary/aromatic N) is 1. The summed E-state index contributed by atoms with van der Waals surface area (Å²) in [6.07, 6.45) is 1.13. The van der Waals surface area contributed by atoms with Gasteiger partial charge in [0, 0.05) is 11.3 Å². The molecule has 1 aromatic carbocycles. The van der Waals surface area contributed by atoms with E-state index in [9.17, 15) is 14.4 Å². The number of aromatic amines is 2. The van der Waals surface area contributed by atoms with Crippen molar-refractivity contribution in [2.45, 2.75) is 27.2 Å². The van der Waals surface area contributed by atoms with Crippen molar-refractivity contribution >= 4 is 35.3 Å². The van der Waals surface area contributed by atoms with Crippen molar-refractivity contribution in [3.8, 4) is 5.75 Å². The summed E-state index contributed by atoms with van der Waals surface area (Å²) >= 11 is 12.4. The first-order chi connectivity index (χ1) is 13.2. The predicted octanol–water partition coefficient (Wildman–Crippen LogP) is 2.41. The van der Waals surface area contributed by atoms with Crippen molar-refractivity contribution in [3.63, 3.8) is 0 Å². The fraction of sp³-hybridized carbons (Fsp3) is 0.333. The molecule has 10 heteroatoms. The molecule has 1 aromatic heterocycles. The number of H-pyrrole nitrogens is 2. The molecule has 8 nitrogen and oxygen atoms in total. The van der Waals surface area contributed by atoms with E-state index in [-0.39, 0.29) is 12.0 Å².